The Kier molecular flexibility index (Phi) is 3.07. The summed E-state index contributed by atoms with van der Waals surface area (Å²) in [5, 5.41) is 0.720. The molecule has 0 fully saturated rings. The van der Waals surface area contributed by atoms with E-state index >= 15 is 0 Å². The molecule has 0 N–H and O–H groups in total. The van der Waals surface area contributed by atoms with Gasteiger partial charge in [-0.15, -0.1) is 11.6 Å². The van der Waals surface area contributed by atoms with Crippen LogP contribution in [0.2, 0.25) is 5.02 Å². The molecule has 1 aromatic carbocycles. The number of halogens is 2. The van der Waals surface area contributed by atoms with Gasteiger partial charge in [0.15, 0.2) is 16.3 Å². The molecule has 1 unspecified atom stereocenters. The van der Waals surface area contributed by atoms with Crippen molar-refractivity contribution in [3.63, 3.8) is 0 Å². The molecular weight excluding hydrogens is 182 g/mol. The molecule has 0 aliphatic heterocycles. The van der Waals surface area contributed by atoms with Crippen molar-refractivity contribution in [2.45, 2.75) is 4.24 Å². The van der Waals surface area contributed by atoms with E-state index < -0.39 is 0 Å². The molecule has 10 heavy (non-hydrogen) atoms. The van der Waals surface area contributed by atoms with Gasteiger partial charge in [-0.05, 0) is 15.9 Å². The van der Waals surface area contributed by atoms with Crippen molar-refractivity contribution in [2.75, 3.05) is 0 Å². The van der Waals surface area contributed by atoms with Gasteiger partial charge >= 0.3 is 0 Å². The highest BCUT2D eigenvalue weighted by Crippen LogP contribution is 2.24. The van der Waals surface area contributed by atoms with Crippen LogP contribution in [-0.4, -0.2) is 16.3 Å². The summed E-state index contributed by atoms with van der Waals surface area (Å²) in [7, 11) is 0. The van der Waals surface area contributed by atoms with Crippen LogP contribution >= 0.6 is 23.2 Å². The number of benzene rings is 1. The first kappa shape index (κ1) is 8.43. The van der Waals surface area contributed by atoms with E-state index in [0.717, 1.165) is 10.6 Å². The fraction of sp³-hybridized carbons (Fsp3) is 0.143. The largest absolute Gasteiger partial charge is 0.158 e. The second-order valence-corrected chi connectivity index (χ2v) is 3.89. The van der Waals surface area contributed by atoms with Crippen LogP contribution in [0.1, 0.15) is 9.80 Å². The second-order valence-electron chi connectivity index (χ2n) is 1.92. The van der Waals surface area contributed by atoms with Gasteiger partial charge in [-0.2, -0.15) is 0 Å². The molecule has 0 spiro atoms. The van der Waals surface area contributed by atoms with Crippen LogP contribution in [0.25, 0.3) is 0 Å². The average Bonchev–Trinajstić information content (AvgIpc) is 1.88. The highest BCUT2D eigenvalue weighted by Gasteiger charge is 2.02. The topological polar surface area (TPSA) is 0 Å². The highest BCUT2D eigenvalue weighted by atomic mass is 35.5. The number of alkyl halides is 1. The van der Waals surface area contributed by atoms with Crippen LogP contribution in [0.5, 0.6) is 0 Å². The third-order valence-corrected chi connectivity index (χ3v) is 2.14. The maximum absolute atomic E-state index is 5.82. The van der Waals surface area contributed by atoms with Crippen molar-refractivity contribution in [3.8, 4) is 0 Å². The van der Waals surface area contributed by atoms with Gasteiger partial charge in [0.25, 0.3) is 0 Å². The summed E-state index contributed by atoms with van der Waals surface area (Å²) in [4.78, 5) is 0. The third-order valence-electron chi connectivity index (χ3n) is 1.20. The molecule has 0 nitrogen and oxygen atoms in total. The zero-order chi connectivity index (χ0) is 7.56. The van der Waals surface area contributed by atoms with Gasteiger partial charge in [0.2, 0.25) is 0 Å². The summed E-state index contributed by atoms with van der Waals surface area (Å²) >= 11 is 14.1. The van der Waals surface area contributed by atoms with Gasteiger partial charge in [-0.1, -0.05) is 29.8 Å². The quantitative estimate of drug-likeness (QED) is 0.468. The fourth-order valence-corrected chi connectivity index (χ4v) is 1.59. The minimum Gasteiger partial charge on any atom is -0.137 e. The molecule has 0 bridgehead atoms. The molecule has 0 aromatic heterocycles. The molecule has 1 rings (SSSR count). The Morgan fingerprint density at radius 2 is 1.90 bits per heavy atom. The Hall–Kier alpha value is 0.332. The summed E-state index contributed by atoms with van der Waals surface area (Å²) in [5.74, 6) is 0. The zero-order valence-electron chi connectivity index (χ0n) is 5.22. The number of hydrogen-bond acceptors (Lipinski definition) is 0. The van der Waals surface area contributed by atoms with Crippen LogP contribution in [-0.2, 0) is 0 Å². The summed E-state index contributed by atoms with van der Waals surface area (Å²) in [6, 6.07) is 7.54. The first-order valence-corrected chi connectivity index (χ1v) is 4.34. The molecule has 2 radical (unpaired) electrons. The van der Waals surface area contributed by atoms with Crippen LogP contribution in [0.15, 0.2) is 24.3 Å². The molecule has 0 saturated heterocycles. The summed E-state index contributed by atoms with van der Waals surface area (Å²) < 4.78 is -0.0892. The van der Waals surface area contributed by atoms with Crippen LogP contribution in [0.4, 0.5) is 0 Å². The van der Waals surface area contributed by atoms with Crippen molar-refractivity contribution in [1.82, 2.24) is 0 Å². The minimum atomic E-state index is -0.0892. The van der Waals surface area contributed by atoms with Crippen molar-refractivity contribution in [2.24, 2.45) is 0 Å². The number of rotatable bonds is 1. The Labute approximate surface area is 78.6 Å². The normalized spacial score (nSPS) is 13.0. The Morgan fingerprint density at radius 1 is 1.30 bits per heavy atom. The maximum atomic E-state index is 5.82. The van der Waals surface area contributed by atoms with Crippen molar-refractivity contribution < 1.29 is 0 Å². The molecule has 0 aliphatic carbocycles. The van der Waals surface area contributed by atoms with Gasteiger partial charge in [-0.25, -0.2) is 0 Å². The zero-order valence-corrected chi connectivity index (χ0v) is 7.89. The first-order valence-electron chi connectivity index (χ1n) is 2.86. The number of hydrogen-bond donors (Lipinski definition) is 0. The van der Waals surface area contributed by atoms with Gasteiger partial charge in [0.05, 0.1) is 0 Å². The van der Waals surface area contributed by atoms with E-state index in [0.29, 0.717) is 0 Å². The highest BCUT2D eigenvalue weighted by molar-refractivity contribution is 6.42. The van der Waals surface area contributed by atoms with Crippen molar-refractivity contribution in [1.29, 1.82) is 0 Å². The molecular formula is C7H5AlCl2. The molecule has 0 heterocycles. The lowest BCUT2D eigenvalue weighted by molar-refractivity contribution is 1.35. The van der Waals surface area contributed by atoms with Gasteiger partial charge in [0.1, 0.15) is 0 Å². The smallest absolute Gasteiger partial charge is 0.137 e. The van der Waals surface area contributed by atoms with E-state index in [4.69, 9.17) is 23.2 Å². The molecule has 0 aliphatic rings. The predicted octanol–water partition coefficient (Wildman–Crippen LogP) is 2.75. The SMILES string of the molecule is [Al][CH](Cl)c1ccccc1Cl. The molecule has 50 valence electrons. The summed E-state index contributed by atoms with van der Waals surface area (Å²) in [5.41, 5.74) is 0.954. The standard InChI is InChI=1S/C7H5Cl2.Al/c8-5-6-3-1-2-4-7(6)9;/h1-5H;. The third kappa shape index (κ3) is 1.91. The predicted molar refractivity (Wildman–Crippen MR) is 45.8 cm³/mol. The molecule has 1 atom stereocenters. The van der Waals surface area contributed by atoms with Crippen LogP contribution < -0.4 is 0 Å². The second kappa shape index (κ2) is 3.65. The van der Waals surface area contributed by atoms with Crippen molar-refractivity contribution >= 4 is 39.5 Å². The Balaban J connectivity index is 3.03. The maximum Gasteiger partial charge on any atom is 0.158 e. The van der Waals surface area contributed by atoms with E-state index in [1.807, 2.05) is 24.3 Å². The van der Waals surface area contributed by atoms with Gasteiger partial charge in [0, 0.05) is 5.02 Å². The molecule has 0 amide bonds. The summed E-state index contributed by atoms with van der Waals surface area (Å²) in [6.07, 6.45) is 0. The van der Waals surface area contributed by atoms with Gasteiger partial charge in [-0.3, -0.25) is 0 Å². The molecule has 1 aromatic rings. The average molecular weight is 187 g/mol. The Morgan fingerprint density at radius 3 is 2.30 bits per heavy atom. The van der Waals surface area contributed by atoms with Crippen molar-refractivity contribution in [3.05, 3.63) is 34.9 Å². The van der Waals surface area contributed by atoms with E-state index in [1.54, 1.807) is 0 Å². The first-order chi connectivity index (χ1) is 4.72. The lowest BCUT2D eigenvalue weighted by atomic mass is 10.2. The van der Waals surface area contributed by atoms with E-state index in [1.165, 1.54) is 0 Å². The molecule has 0 saturated carbocycles. The monoisotopic (exact) mass is 186 g/mol. The minimum absolute atomic E-state index is 0.0892. The summed E-state index contributed by atoms with van der Waals surface area (Å²) in [6.45, 7) is 0. The van der Waals surface area contributed by atoms with Crippen LogP contribution in [0.3, 0.4) is 0 Å². The van der Waals surface area contributed by atoms with E-state index in [9.17, 15) is 0 Å². The molecule has 3 heteroatoms. The van der Waals surface area contributed by atoms with E-state index in [-0.39, 0.29) is 4.24 Å². The van der Waals surface area contributed by atoms with Gasteiger partial charge < -0.3 is 0 Å². The van der Waals surface area contributed by atoms with Crippen LogP contribution in [0, 0.1) is 0 Å². The Bertz CT molecular complexity index is 223. The lowest BCUT2D eigenvalue weighted by Gasteiger charge is -2.04. The van der Waals surface area contributed by atoms with E-state index in [2.05, 4.69) is 16.3 Å². The fourth-order valence-electron chi connectivity index (χ4n) is 0.699. The lowest BCUT2D eigenvalue weighted by Crippen LogP contribution is -1.88.